The molecule has 8 nitrogen and oxygen atoms in total. The van der Waals surface area contributed by atoms with Crippen LogP contribution in [0.2, 0.25) is 0 Å². The summed E-state index contributed by atoms with van der Waals surface area (Å²) in [5.41, 5.74) is -0.501. The number of ether oxygens (including phenoxy) is 1. The number of alkyl carbamates (subject to hydrolysis) is 1. The number of nitrogens with one attached hydrogen (secondary N) is 3. The van der Waals surface area contributed by atoms with Crippen molar-refractivity contribution in [3.63, 3.8) is 0 Å². The van der Waals surface area contributed by atoms with Gasteiger partial charge in [0, 0.05) is 45.2 Å². The Morgan fingerprint density at radius 1 is 1.11 bits per heavy atom. The van der Waals surface area contributed by atoms with Gasteiger partial charge in [-0.05, 0) is 40.0 Å². The van der Waals surface area contributed by atoms with Gasteiger partial charge in [0.1, 0.15) is 5.60 Å². The predicted octanol–water partition coefficient (Wildman–Crippen LogP) is 2.09. The number of amides is 2. The number of carbonyl (C=O) groups excluding carboxylic acids is 2. The van der Waals surface area contributed by atoms with E-state index in [2.05, 4.69) is 20.9 Å². The molecule has 1 saturated heterocycles. The zero-order valence-corrected chi connectivity index (χ0v) is 19.9. The molecule has 2 fully saturated rings. The molecule has 0 radical (unpaired) electrons. The summed E-state index contributed by atoms with van der Waals surface area (Å²) >= 11 is 0. The molecule has 1 atom stereocenters. The van der Waals surface area contributed by atoms with E-state index >= 15 is 0 Å². The Morgan fingerprint density at radius 3 is 2.36 bits per heavy atom. The van der Waals surface area contributed by atoms with Crippen molar-refractivity contribution in [3.8, 4) is 0 Å². The lowest BCUT2D eigenvalue weighted by atomic mass is 10.1. The first-order chi connectivity index (χ1) is 12.8. The van der Waals surface area contributed by atoms with Crippen molar-refractivity contribution in [1.29, 1.82) is 0 Å². The van der Waals surface area contributed by atoms with Gasteiger partial charge >= 0.3 is 6.09 Å². The molecule has 1 heterocycles. The first-order valence-corrected chi connectivity index (χ1v) is 10.0. The Bertz CT molecular complexity index is 544. The van der Waals surface area contributed by atoms with Crippen LogP contribution in [0.1, 0.15) is 52.9 Å². The summed E-state index contributed by atoms with van der Waals surface area (Å²) in [6.45, 7) is 8.01. The highest BCUT2D eigenvalue weighted by molar-refractivity contribution is 14.0. The predicted molar refractivity (Wildman–Crippen MR) is 121 cm³/mol. The maximum atomic E-state index is 12.5. The number of halogens is 1. The fourth-order valence-corrected chi connectivity index (χ4v) is 3.56. The van der Waals surface area contributed by atoms with E-state index in [1.165, 1.54) is 12.8 Å². The molecule has 2 rings (SSSR count). The van der Waals surface area contributed by atoms with Gasteiger partial charge in [0.05, 0.1) is 0 Å². The number of aliphatic imine (C=N–C) groups is 1. The smallest absolute Gasteiger partial charge is 0.407 e. The van der Waals surface area contributed by atoms with Gasteiger partial charge in [0.2, 0.25) is 5.91 Å². The first kappa shape index (κ1) is 24.8. The van der Waals surface area contributed by atoms with Crippen LogP contribution in [0.3, 0.4) is 0 Å². The number of hydrogen-bond acceptors (Lipinski definition) is 4. The molecule has 0 aromatic rings. The number of rotatable bonds is 5. The molecule has 1 unspecified atom stereocenters. The summed E-state index contributed by atoms with van der Waals surface area (Å²) in [6.07, 6.45) is 4.95. The van der Waals surface area contributed by atoms with Crippen LogP contribution >= 0.6 is 24.0 Å². The minimum atomic E-state index is -0.501. The van der Waals surface area contributed by atoms with Gasteiger partial charge in [-0.15, -0.1) is 24.0 Å². The maximum Gasteiger partial charge on any atom is 0.407 e. The molecule has 28 heavy (non-hydrogen) atoms. The second-order valence-corrected chi connectivity index (χ2v) is 8.32. The number of carbonyl (C=O) groups is 2. The van der Waals surface area contributed by atoms with Crippen molar-refractivity contribution in [1.82, 2.24) is 20.9 Å². The third-order valence-electron chi connectivity index (χ3n) is 4.85. The second kappa shape index (κ2) is 11.7. The normalized spacial score (nSPS) is 20.5. The van der Waals surface area contributed by atoms with Gasteiger partial charge in [-0.3, -0.25) is 9.79 Å². The van der Waals surface area contributed by atoms with E-state index in [1.807, 2.05) is 25.7 Å². The van der Waals surface area contributed by atoms with Crippen LogP contribution in [-0.2, 0) is 9.53 Å². The minimum Gasteiger partial charge on any atom is -0.444 e. The lowest BCUT2D eigenvalue weighted by molar-refractivity contribution is -0.134. The summed E-state index contributed by atoms with van der Waals surface area (Å²) in [5.74, 6) is 1.24. The Kier molecular flexibility index (Phi) is 10.3. The van der Waals surface area contributed by atoms with Crippen molar-refractivity contribution < 1.29 is 14.3 Å². The SMILES string of the molecule is CN=C(NCCNC(=O)OC(C)(C)C)NC1CCN(C(=O)C2CCCC2)C1.I. The van der Waals surface area contributed by atoms with E-state index in [4.69, 9.17) is 4.74 Å². The first-order valence-electron chi connectivity index (χ1n) is 10.0. The molecule has 2 amide bonds. The van der Waals surface area contributed by atoms with Gasteiger partial charge < -0.3 is 25.6 Å². The van der Waals surface area contributed by atoms with Crippen molar-refractivity contribution in [3.05, 3.63) is 0 Å². The summed E-state index contributed by atoms with van der Waals surface area (Å²) in [5, 5.41) is 9.25. The van der Waals surface area contributed by atoms with Gasteiger partial charge in [-0.1, -0.05) is 12.8 Å². The molecule has 3 N–H and O–H groups in total. The average Bonchev–Trinajstić information content (AvgIpc) is 3.27. The monoisotopic (exact) mass is 509 g/mol. The average molecular weight is 509 g/mol. The highest BCUT2D eigenvalue weighted by Gasteiger charge is 2.32. The molecule has 0 spiro atoms. The Hall–Kier alpha value is -1.26. The Balaban J connectivity index is 0.00000392. The fraction of sp³-hybridized carbons (Fsp3) is 0.842. The lowest BCUT2D eigenvalue weighted by Gasteiger charge is -2.22. The van der Waals surface area contributed by atoms with Crippen LogP contribution < -0.4 is 16.0 Å². The Morgan fingerprint density at radius 2 is 1.75 bits per heavy atom. The zero-order chi connectivity index (χ0) is 19.9. The fourth-order valence-electron chi connectivity index (χ4n) is 3.56. The maximum absolute atomic E-state index is 12.5. The molecule has 1 aliphatic carbocycles. The van der Waals surface area contributed by atoms with Crippen LogP contribution in [0.5, 0.6) is 0 Å². The molecule has 9 heteroatoms. The summed E-state index contributed by atoms with van der Waals surface area (Å²) in [6, 6.07) is 0.209. The summed E-state index contributed by atoms with van der Waals surface area (Å²) in [7, 11) is 1.72. The van der Waals surface area contributed by atoms with E-state index in [9.17, 15) is 9.59 Å². The van der Waals surface area contributed by atoms with Crippen LogP contribution in [0.4, 0.5) is 4.79 Å². The van der Waals surface area contributed by atoms with Gasteiger partial charge in [0.25, 0.3) is 0 Å². The summed E-state index contributed by atoms with van der Waals surface area (Å²) in [4.78, 5) is 30.4. The molecule has 1 saturated carbocycles. The lowest BCUT2D eigenvalue weighted by Crippen LogP contribution is -2.47. The molecule has 162 valence electrons. The van der Waals surface area contributed by atoms with E-state index in [0.29, 0.717) is 25.0 Å². The van der Waals surface area contributed by atoms with Crippen LogP contribution in [0.15, 0.2) is 4.99 Å². The van der Waals surface area contributed by atoms with Gasteiger partial charge in [-0.25, -0.2) is 4.79 Å². The summed E-state index contributed by atoms with van der Waals surface area (Å²) < 4.78 is 5.19. The molecular weight excluding hydrogens is 473 g/mol. The van der Waals surface area contributed by atoms with Crippen LogP contribution in [-0.4, -0.2) is 67.7 Å². The highest BCUT2D eigenvalue weighted by atomic mass is 127. The van der Waals surface area contributed by atoms with Crippen molar-refractivity contribution in [2.24, 2.45) is 10.9 Å². The van der Waals surface area contributed by atoms with E-state index in [1.54, 1.807) is 7.05 Å². The van der Waals surface area contributed by atoms with Gasteiger partial charge in [0.15, 0.2) is 5.96 Å². The Labute approximate surface area is 185 Å². The van der Waals surface area contributed by atoms with E-state index in [-0.39, 0.29) is 35.9 Å². The molecule has 0 aromatic heterocycles. The van der Waals surface area contributed by atoms with Crippen molar-refractivity contribution >= 4 is 41.9 Å². The quantitative estimate of drug-likeness (QED) is 0.228. The second-order valence-electron chi connectivity index (χ2n) is 8.32. The van der Waals surface area contributed by atoms with Crippen LogP contribution in [0, 0.1) is 5.92 Å². The number of guanidine groups is 1. The van der Waals surface area contributed by atoms with Gasteiger partial charge in [-0.2, -0.15) is 0 Å². The highest BCUT2D eigenvalue weighted by Crippen LogP contribution is 2.27. The van der Waals surface area contributed by atoms with Crippen molar-refractivity contribution in [2.75, 3.05) is 33.2 Å². The molecule has 2 aliphatic rings. The minimum absolute atomic E-state index is 0. The van der Waals surface area contributed by atoms with Crippen LogP contribution in [0.25, 0.3) is 0 Å². The topological polar surface area (TPSA) is 95.1 Å². The zero-order valence-electron chi connectivity index (χ0n) is 17.5. The third kappa shape index (κ3) is 8.40. The largest absolute Gasteiger partial charge is 0.444 e. The number of likely N-dealkylation sites (tertiary alicyclic amines) is 1. The molecule has 0 aromatic carbocycles. The number of nitrogens with zero attached hydrogens (tertiary/aromatic N) is 2. The standard InChI is InChI=1S/C19H35N5O3.HI/c1-19(2,3)27-18(26)22-11-10-21-17(20-4)23-15-9-12-24(13-15)16(25)14-7-5-6-8-14;/h14-15H,5-13H2,1-4H3,(H,22,26)(H2,20,21,23);1H. The molecule has 0 bridgehead atoms. The molecule has 1 aliphatic heterocycles. The van der Waals surface area contributed by atoms with Crippen molar-refractivity contribution in [2.45, 2.75) is 64.5 Å². The third-order valence-corrected chi connectivity index (χ3v) is 4.85. The van der Waals surface area contributed by atoms with E-state index < -0.39 is 11.7 Å². The van der Waals surface area contributed by atoms with E-state index in [0.717, 1.165) is 32.4 Å². The number of hydrogen-bond donors (Lipinski definition) is 3. The molecular formula is C19H36IN5O3.